The van der Waals surface area contributed by atoms with Gasteiger partial charge in [0.25, 0.3) is 5.56 Å². The first-order chi connectivity index (χ1) is 10.6. The number of H-pyrrole nitrogens is 2. The molecule has 3 rings (SSSR count). The molecule has 1 atom stereocenters. The fourth-order valence-electron chi connectivity index (χ4n) is 2.80. The predicted molar refractivity (Wildman–Crippen MR) is 83.8 cm³/mol. The van der Waals surface area contributed by atoms with Crippen LogP contribution in [0.5, 0.6) is 0 Å². The number of aromatic amines is 2. The summed E-state index contributed by atoms with van der Waals surface area (Å²) < 4.78 is 1.73. The summed E-state index contributed by atoms with van der Waals surface area (Å²) in [4.78, 5) is 34.8. The molecule has 0 radical (unpaired) electrons. The third kappa shape index (κ3) is 2.51. The van der Waals surface area contributed by atoms with Crippen LogP contribution in [0, 0.1) is 11.8 Å². The van der Waals surface area contributed by atoms with E-state index in [1.165, 1.54) is 0 Å². The van der Waals surface area contributed by atoms with Crippen LogP contribution >= 0.6 is 0 Å². The molecule has 116 valence electrons. The van der Waals surface area contributed by atoms with Crippen molar-refractivity contribution in [3.8, 4) is 11.8 Å². The molecule has 22 heavy (non-hydrogen) atoms. The summed E-state index contributed by atoms with van der Waals surface area (Å²) in [5.74, 6) is 6.39. The highest BCUT2D eigenvalue weighted by atomic mass is 16.2. The van der Waals surface area contributed by atoms with E-state index in [1.807, 2.05) is 4.90 Å². The number of nitrogens with one attached hydrogen (secondary N) is 2. The number of fused-ring (bicyclic) bond motifs is 1. The minimum atomic E-state index is -0.564. The Hall–Kier alpha value is -2.53. The van der Waals surface area contributed by atoms with Crippen LogP contribution in [0.25, 0.3) is 11.2 Å². The molecule has 8 nitrogen and oxygen atoms in total. The third-order valence-corrected chi connectivity index (χ3v) is 3.78. The number of aromatic nitrogens is 4. The van der Waals surface area contributed by atoms with Crippen LogP contribution in [0.2, 0.25) is 0 Å². The first-order valence-electron chi connectivity index (χ1n) is 7.23. The van der Waals surface area contributed by atoms with E-state index in [0.29, 0.717) is 24.6 Å². The lowest BCUT2D eigenvalue weighted by Crippen LogP contribution is -2.44. The summed E-state index contributed by atoms with van der Waals surface area (Å²) in [5, 5.41) is 0. The lowest BCUT2D eigenvalue weighted by atomic mass is 10.1. The molecular formula is C14H18N6O2. The van der Waals surface area contributed by atoms with Gasteiger partial charge in [-0.2, -0.15) is 4.98 Å². The van der Waals surface area contributed by atoms with Crippen LogP contribution in [-0.2, 0) is 6.54 Å². The number of anilines is 1. The zero-order valence-corrected chi connectivity index (χ0v) is 12.3. The van der Waals surface area contributed by atoms with Crippen molar-refractivity contribution in [1.29, 1.82) is 0 Å². The normalized spacial score (nSPS) is 18.3. The number of nitrogens with zero attached hydrogens (tertiary/aromatic N) is 3. The number of hydrogen-bond acceptors (Lipinski definition) is 5. The van der Waals surface area contributed by atoms with Crippen LogP contribution < -0.4 is 21.9 Å². The molecule has 0 aromatic carbocycles. The molecule has 1 aliphatic heterocycles. The Morgan fingerprint density at radius 2 is 2.23 bits per heavy atom. The summed E-state index contributed by atoms with van der Waals surface area (Å²) in [7, 11) is 0. The minimum absolute atomic E-state index is 0.0802. The van der Waals surface area contributed by atoms with Gasteiger partial charge in [-0.05, 0) is 19.8 Å². The molecular weight excluding hydrogens is 284 g/mol. The van der Waals surface area contributed by atoms with E-state index in [2.05, 4.69) is 26.8 Å². The van der Waals surface area contributed by atoms with Gasteiger partial charge in [0.15, 0.2) is 11.2 Å². The van der Waals surface area contributed by atoms with Crippen LogP contribution in [-0.4, -0.2) is 38.7 Å². The number of hydrogen-bond donors (Lipinski definition) is 3. The van der Waals surface area contributed by atoms with Crippen LogP contribution in [0.1, 0.15) is 19.8 Å². The maximum Gasteiger partial charge on any atom is 0.327 e. The number of piperidine rings is 1. The topological polar surface area (TPSA) is 113 Å². The Balaban J connectivity index is 2.19. The van der Waals surface area contributed by atoms with Crippen molar-refractivity contribution in [2.24, 2.45) is 5.73 Å². The summed E-state index contributed by atoms with van der Waals surface area (Å²) >= 11 is 0. The largest absolute Gasteiger partial charge is 0.341 e. The Morgan fingerprint density at radius 1 is 1.41 bits per heavy atom. The first kappa shape index (κ1) is 14.4. The van der Waals surface area contributed by atoms with Crippen molar-refractivity contribution >= 4 is 17.1 Å². The molecule has 8 heteroatoms. The molecule has 1 unspecified atom stereocenters. The fourth-order valence-corrected chi connectivity index (χ4v) is 2.80. The summed E-state index contributed by atoms with van der Waals surface area (Å²) in [6, 6.07) is 0.0802. The van der Waals surface area contributed by atoms with Gasteiger partial charge in [-0.15, -0.1) is 5.92 Å². The fraction of sp³-hybridized carbons (Fsp3) is 0.500. The first-order valence-corrected chi connectivity index (χ1v) is 7.23. The quantitative estimate of drug-likeness (QED) is 0.639. The monoisotopic (exact) mass is 302 g/mol. The smallest absolute Gasteiger partial charge is 0.327 e. The van der Waals surface area contributed by atoms with Gasteiger partial charge in [0.1, 0.15) is 0 Å². The highest BCUT2D eigenvalue weighted by molar-refractivity contribution is 5.73. The molecule has 1 fully saturated rings. The van der Waals surface area contributed by atoms with E-state index in [0.717, 1.165) is 19.4 Å². The second kappa shape index (κ2) is 5.69. The maximum atomic E-state index is 12.1. The average Bonchev–Trinajstić information content (AvgIpc) is 2.83. The van der Waals surface area contributed by atoms with Crippen LogP contribution in [0.15, 0.2) is 9.59 Å². The maximum absolute atomic E-state index is 12.1. The van der Waals surface area contributed by atoms with Gasteiger partial charge in [0.2, 0.25) is 5.95 Å². The lowest BCUT2D eigenvalue weighted by Gasteiger charge is -2.31. The Bertz CT molecular complexity index is 865. The van der Waals surface area contributed by atoms with Crippen molar-refractivity contribution in [1.82, 2.24) is 19.5 Å². The van der Waals surface area contributed by atoms with Gasteiger partial charge >= 0.3 is 5.69 Å². The Kier molecular flexibility index (Phi) is 3.73. The summed E-state index contributed by atoms with van der Waals surface area (Å²) in [5.41, 5.74) is 5.61. The van der Waals surface area contributed by atoms with Crippen LogP contribution in [0.3, 0.4) is 0 Å². The minimum Gasteiger partial charge on any atom is -0.341 e. The van der Waals surface area contributed by atoms with Crippen molar-refractivity contribution < 1.29 is 0 Å². The van der Waals surface area contributed by atoms with Gasteiger partial charge in [-0.25, -0.2) is 4.79 Å². The van der Waals surface area contributed by atoms with Gasteiger partial charge in [0, 0.05) is 19.1 Å². The lowest BCUT2D eigenvalue weighted by molar-refractivity contribution is 0.496. The van der Waals surface area contributed by atoms with Gasteiger partial charge in [-0.3, -0.25) is 19.3 Å². The van der Waals surface area contributed by atoms with E-state index >= 15 is 0 Å². The van der Waals surface area contributed by atoms with E-state index in [9.17, 15) is 9.59 Å². The van der Waals surface area contributed by atoms with E-state index < -0.39 is 11.2 Å². The Labute approximate surface area is 126 Å². The molecule has 2 aromatic heterocycles. The highest BCUT2D eigenvalue weighted by Crippen LogP contribution is 2.21. The second-order valence-corrected chi connectivity index (χ2v) is 5.38. The predicted octanol–water partition coefficient (Wildman–Crippen LogP) is -0.636. The zero-order chi connectivity index (χ0) is 15.7. The van der Waals surface area contributed by atoms with Gasteiger partial charge in [-0.1, -0.05) is 5.92 Å². The Morgan fingerprint density at radius 3 is 2.95 bits per heavy atom. The molecule has 1 saturated heterocycles. The van der Waals surface area contributed by atoms with Crippen molar-refractivity contribution in [2.75, 3.05) is 18.0 Å². The molecule has 0 saturated carbocycles. The molecule has 1 aliphatic rings. The van der Waals surface area contributed by atoms with Gasteiger partial charge in [0.05, 0.1) is 6.54 Å². The van der Waals surface area contributed by atoms with Crippen molar-refractivity contribution in [3.63, 3.8) is 0 Å². The number of imidazole rings is 1. The summed E-state index contributed by atoms with van der Waals surface area (Å²) in [6.07, 6.45) is 1.94. The SMILES string of the molecule is CC#CCn1c(N2CCCC(N)C2)nc2[nH]c(=O)[nH]c(=O)c21. The molecule has 0 amide bonds. The summed E-state index contributed by atoms with van der Waals surface area (Å²) in [6.45, 7) is 3.56. The van der Waals surface area contributed by atoms with E-state index in [4.69, 9.17) is 5.73 Å². The van der Waals surface area contributed by atoms with Gasteiger partial charge < -0.3 is 10.6 Å². The molecule has 2 aromatic rings. The average molecular weight is 302 g/mol. The third-order valence-electron chi connectivity index (χ3n) is 3.78. The number of nitrogens with two attached hydrogens (primary N) is 1. The number of rotatable bonds is 2. The molecule has 4 N–H and O–H groups in total. The van der Waals surface area contributed by atoms with Crippen molar-refractivity contribution in [2.45, 2.75) is 32.4 Å². The molecule has 0 bridgehead atoms. The van der Waals surface area contributed by atoms with Crippen LogP contribution in [0.4, 0.5) is 5.95 Å². The van der Waals surface area contributed by atoms with Crippen molar-refractivity contribution in [3.05, 3.63) is 20.8 Å². The second-order valence-electron chi connectivity index (χ2n) is 5.38. The molecule has 0 spiro atoms. The highest BCUT2D eigenvalue weighted by Gasteiger charge is 2.23. The molecule has 3 heterocycles. The zero-order valence-electron chi connectivity index (χ0n) is 12.3. The molecule has 0 aliphatic carbocycles. The van der Waals surface area contributed by atoms with E-state index in [1.54, 1.807) is 11.5 Å². The standard InChI is InChI=1S/C14H18N6O2/c1-2-3-7-20-10-11(16-13(22)18-12(10)21)17-14(20)19-6-4-5-9(15)8-19/h9H,4-8,15H2,1H3,(H2,16,18,21,22). The van der Waals surface area contributed by atoms with E-state index in [-0.39, 0.29) is 11.7 Å².